The molecule has 1 saturated carbocycles. The van der Waals surface area contributed by atoms with Gasteiger partial charge in [-0.1, -0.05) is 53.4 Å². The van der Waals surface area contributed by atoms with Crippen LogP contribution in [0.15, 0.2) is 0 Å². The second-order valence-corrected chi connectivity index (χ2v) is 6.69. The number of nitrogens with one attached hydrogen (secondary N) is 1. The van der Waals surface area contributed by atoms with Gasteiger partial charge >= 0.3 is 0 Å². The van der Waals surface area contributed by atoms with Gasteiger partial charge in [-0.05, 0) is 50.0 Å². The maximum atomic E-state index is 3.77. The molecule has 0 amide bonds. The number of hydrogen-bond acceptors (Lipinski definition) is 1. The molecule has 0 aliphatic heterocycles. The van der Waals surface area contributed by atoms with Crippen molar-refractivity contribution in [2.24, 2.45) is 17.8 Å². The first-order valence-electron chi connectivity index (χ1n) is 8.40. The van der Waals surface area contributed by atoms with Crippen LogP contribution in [0.4, 0.5) is 0 Å². The van der Waals surface area contributed by atoms with Crippen molar-refractivity contribution in [1.82, 2.24) is 5.32 Å². The van der Waals surface area contributed by atoms with Crippen molar-refractivity contribution in [3.8, 4) is 0 Å². The highest BCUT2D eigenvalue weighted by atomic mass is 14.9. The standard InChI is InChI=1S/C17H35N/c1-5-7-8-9-10-17(18-6-2)16-12-14(3)11-15(4)13-16/h14-18H,5-13H2,1-4H3. The Morgan fingerprint density at radius 3 is 2.17 bits per heavy atom. The summed E-state index contributed by atoms with van der Waals surface area (Å²) in [5, 5.41) is 3.77. The molecule has 0 aromatic rings. The van der Waals surface area contributed by atoms with E-state index in [-0.39, 0.29) is 0 Å². The van der Waals surface area contributed by atoms with E-state index in [0.717, 1.165) is 30.3 Å². The monoisotopic (exact) mass is 253 g/mol. The summed E-state index contributed by atoms with van der Waals surface area (Å²) in [5.41, 5.74) is 0. The summed E-state index contributed by atoms with van der Waals surface area (Å²) in [6.45, 7) is 10.6. The summed E-state index contributed by atoms with van der Waals surface area (Å²) in [7, 11) is 0. The molecule has 0 aromatic heterocycles. The van der Waals surface area contributed by atoms with Crippen LogP contribution in [-0.2, 0) is 0 Å². The molecule has 0 radical (unpaired) electrons. The summed E-state index contributed by atoms with van der Waals surface area (Å²) < 4.78 is 0. The molecule has 1 N–H and O–H groups in total. The predicted octanol–water partition coefficient (Wildman–Crippen LogP) is 5.01. The topological polar surface area (TPSA) is 12.0 Å². The molecule has 1 rings (SSSR count). The van der Waals surface area contributed by atoms with Gasteiger partial charge in [0.05, 0.1) is 0 Å². The van der Waals surface area contributed by atoms with Crippen molar-refractivity contribution in [3.63, 3.8) is 0 Å². The molecule has 108 valence electrons. The first kappa shape index (κ1) is 16.0. The first-order chi connectivity index (χ1) is 8.67. The molecule has 0 bridgehead atoms. The highest BCUT2D eigenvalue weighted by molar-refractivity contribution is 4.83. The minimum atomic E-state index is 0.789. The van der Waals surface area contributed by atoms with E-state index in [1.807, 2.05) is 0 Å². The van der Waals surface area contributed by atoms with Crippen LogP contribution in [-0.4, -0.2) is 12.6 Å². The Balaban J connectivity index is 2.38. The van der Waals surface area contributed by atoms with Crippen LogP contribution in [0.1, 0.15) is 79.1 Å². The second kappa shape index (κ2) is 8.96. The van der Waals surface area contributed by atoms with E-state index in [2.05, 4.69) is 33.0 Å². The lowest BCUT2D eigenvalue weighted by molar-refractivity contribution is 0.170. The third-order valence-electron chi connectivity index (χ3n) is 4.62. The molecule has 1 fully saturated rings. The fourth-order valence-corrected chi connectivity index (χ4v) is 3.90. The molecule has 0 heterocycles. The molecule has 1 aliphatic carbocycles. The van der Waals surface area contributed by atoms with E-state index in [9.17, 15) is 0 Å². The number of hydrogen-bond donors (Lipinski definition) is 1. The number of rotatable bonds is 8. The largest absolute Gasteiger partial charge is 0.314 e. The molecule has 18 heavy (non-hydrogen) atoms. The molecule has 0 aromatic carbocycles. The lowest BCUT2D eigenvalue weighted by Crippen LogP contribution is -2.39. The third kappa shape index (κ3) is 5.73. The Morgan fingerprint density at radius 2 is 1.61 bits per heavy atom. The van der Waals surface area contributed by atoms with E-state index in [1.54, 1.807) is 0 Å². The lowest BCUT2D eigenvalue weighted by atomic mass is 9.73. The predicted molar refractivity (Wildman–Crippen MR) is 81.9 cm³/mol. The van der Waals surface area contributed by atoms with Crippen molar-refractivity contribution in [2.45, 2.75) is 85.1 Å². The van der Waals surface area contributed by atoms with Gasteiger partial charge in [0.15, 0.2) is 0 Å². The molecular formula is C17H35N. The zero-order valence-electron chi connectivity index (χ0n) is 13.2. The van der Waals surface area contributed by atoms with Crippen molar-refractivity contribution in [2.75, 3.05) is 6.54 Å². The van der Waals surface area contributed by atoms with Crippen molar-refractivity contribution >= 4 is 0 Å². The zero-order valence-corrected chi connectivity index (χ0v) is 13.2. The van der Waals surface area contributed by atoms with Crippen LogP contribution in [0.25, 0.3) is 0 Å². The first-order valence-corrected chi connectivity index (χ1v) is 8.40. The van der Waals surface area contributed by atoms with Crippen LogP contribution in [0.3, 0.4) is 0 Å². The van der Waals surface area contributed by atoms with Gasteiger partial charge in [0.1, 0.15) is 0 Å². The van der Waals surface area contributed by atoms with Crippen LogP contribution < -0.4 is 5.32 Å². The van der Waals surface area contributed by atoms with Crippen LogP contribution in [0, 0.1) is 17.8 Å². The molecule has 3 unspecified atom stereocenters. The normalized spacial score (nSPS) is 30.3. The fraction of sp³-hybridized carbons (Fsp3) is 1.00. The Morgan fingerprint density at radius 1 is 0.944 bits per heavy atom. The van der Waals surface area contributed by atoms with E-state index in [4.69, 9.17) is 0 Å². The summed E-state index contributed by atoms with van der Waals surface area (Å²) >= 11 is 0. The van der Waals surface area contributed by atoms with Crippen LogP contribution >= 0.6 is 0 Å². The maximum Gasteiger partial charge on any atom is 0.00954 e. The van der Waals surface area contributed by atoms with Crippen molar-refractivity contribution < 1.29 is 0 Å². The fourth-order valence-electron chi connectivity index (χ4n) is 3.90. The zero-order chi connectivity index (χ0) is 13.4. The molecular weight excluding hydrogens is 218 g/mol. The van der Waals surface area contributed by atoms with Crippen molar-refractivity contribution in [1.29, 1.82) is 0 Å². The SMILES string of the molecule is CCCCCCC(NCC)C1CC(C)CC(C)C1. The lowest BCUT2D eigenvalue weighted by Gasteiger charge is -2.37. The van der Waals surface area contributed by atoms with Gasteiger partial charge in [0.25, 0.3) is 0 Å². The molecule has 1 nitrogen and oxygen atoms in total. The molecule has 0 spiro atoms. The summed E-state index contributed by atoms with van der Waals surface area (Å²) in [4.78, 5) is 0. The highest BCUT2D eigenvalue weighted by Crippen LogP contribution is 2.35. The van der Waals surface area contributed by atoms with E-state index >= 15 is 0 Å². The van der Waals surface area contributed by atoms with Gasteiger partial charge in [0, 0.05) is 6.04 Å². The third-order valence-corrected chi connectivity index (χ3v) is 4.62. The van der Waals surface area contributed by atoms with Gasteiger partial charge in [-0.3, -0.25) is 0 Å². The molecule has 0 saturated heterocycles. The Bertz CT molecular complexity index is 192. The highest BCUT2D eigenvalue weighted by Gasteiger charge is 2.29. The summed E-state index contributed by atoms with van der Waals surface area (Å²) in [6.07, 6.45) is 11.4. The van der Waals surface area contributed by atoms with Gasteiger partial charge in [-0.2, -0.15) is 0 Å². The van der Waals surface area contributed by atoms with E-state index in [0.29, 0.717) is 0 Å². The Hall–Kier alpha value is -0.0400. The molecule has 1 aliphatic rings. The average Bonchev–Trinajstić information content (AvgIpc) is 2.32. The average molecular weight is 253 g/mol. The van der Waals surface area contributed by atoms with Crippen molar-refractivity contribution in [3.05, 3.63) is 0 Å². The Kier molecular flexibility index (Phi) is 7.97. The second-order valence-electron chi connectivity index (χ2n) is 6.69. The summed E-state index contributed by atoms with van der Waals surface area (Å²) in [5.74, 6) is 2.82. The minimum absolute atomic E-state index is 0.789. The minimum Gasteiger partial charge on any atom is -0.314 e. The smallest absolute Gasteiger partial charge is 0.00954 e. The van der Waals surface area contributed by atoms with Gasteiger partial charge in [-0.25, -0.2) is 0 Å². The van der Waals surface area contributed by atoms with Gasteiger partial charge in [0.2, 0.25) is 0 Å². The molecule has 3 atom stereocenters. The maximum absolute atomic E-state index is 3.77. The van der Waals surface area contributed by atoms with Crippen LogP contribution in [0.2, 0.25) is 0 Å². The molecule has 1 heteroatoms. The van der Waals surface area contributed by atoms with E-state index in [1.165, 1.54) is 51.4 Å². The van der Waals surface area contributed by atoms with Gasteiger partial charge in [-0.15, -0.1) is 0 Å². The quantitative estimate of drug-likeness (QED) is 0.600. The Labute approximate surface area is 115 Å². The van der Waals surface area contributed by atoms with Gasteiger partial charge < -0.3 is 5.32 Å². The number of unbranched alkanes of at least 4 members (excludes halogenated alkanes) is 3. The van der Waals surface area contributed by atoms with E-state index < -0.39 is 0 Å². The van der Waals surface area contributed by atoms with Crippen LogP contribution in [0.5, 0.6) is 0 Å². The summed E-state index contributed by atoms with van der Waals surface area (Å²) in [6, 6.07) is 0.789.